The van der Waals surface area contributed by atoms with Crippen molar-refractivity contribution < 1.29 is 4.79 Å². The average molecular weight is 216 g/mol. The van der Waals surface area contributed by atoms with E-state index >= 15 is 0 Å². The van der Waals surface area contributed by atoms with Crippen LogP contribution in [0, 0.1) is 12.8 Å². The Labute approximate surface area is 97.9 Å². The van der Waals surface area contributed by atoms with Crippen LogP contribution in [-0.4, -0.2) is 5.78 Å². The number of hydrogen-bond acceptors (Lipinski definition) is 1. The molecule has 0 amide bonds. The van der Waals surface area contributed by atoms with Crippen molar-refractivity contribution in [2.24, 2.45) is 5.92 Å². The van der Waals surface area contributed by atoms with Crippen molar-refractivity contribution in [2.75, 3.05) is 0 Å². The topological polar surface area (TPSA) is 17.1 Å². The van der Waals surface area contributed by atoms with Gasteiger partial charge in [0.2, 0.25) is 0 Å². The summed E-state index contributed by atoms with van der Waals surface area (Å²) in [5, 5.41) is 0. The van der Waals surface area contributed by atoms with Gasteiger partial charge < -0.3 is 0 Å². The predicted octanol–water partition coefficient (Wildman–Crippen LogP) is 4.15. The van der Waals surface area contributed by atoms with Crippen LogP contribution >= 0.6 is 0 Å². The Bertz CT molecular complexity index is 359. The van der Waals surface area contributed by atoms with Crippen LogP contribution in [0.5, 0.6) is 0 Å². The maximum atomic E-state index is 12.3. The van der Waals surface area contributed by atoms with Crippen molar-refractivity contribution in [1.82, 2.24) is 0 Å². The zero-order valence-electron chi connectivity index (χ0n) is 10.0. The molecule has 0 aromatic heterocycles. The van der Waals surface area contributed by atoms with E-state index < -0.39 is 0 Å². The highest BCUT2D eigenvalue weighted by Crippen LogP contribution is 2.26. The van der Waals surface area contributed by atoms with Gasteiger partial charge in [-0.1, -0.05) is 49.4 Å². The third-order valence-electron chi connectivity index (χ3n) is 3.53. The first-order valence-electron chi connectivity index (χ1n) is 6.38. The minimum atomic E-state index is 0.282. The first-order valence-corrected chi connectivity index (χ1v) is 6.38. The van der Waals surface area contributed by atoms with Crippen LogP contribution in [0.15, 0.2) is 24.3 Å². The summed E-state index contributed by atoms with van der Waals surface area (Å²) >= 11 is 0. The molecule has 2 rings (SSSR count). The van der Waals surface area contributed by atoms with Gasteiger partial charge >= 0.3 is 0 Å². The monoisotopic (exact) mass is 216 g/mol. The number of hydrogen-bond donors (Lipinski definition) is 0. The molecule has 1 aliphatic carbocycles. The van der Waals surface area contributed by atoms with Crippen LogP contribution in [-0.2, 0) is 0 Å². The molecule has 0 N–H and O–H groups in total. The van der Waals surface area contributed by atoms with Gasteiger partial charge in [-0.05, 0) is 25.8 Å². The molecule has 1 heteroatoms. The number of ketones is 1. The lowest BCUT2D eigenvalue weighted by atomic mass is 9.90. The number of carbonyl (C=O) groups is 1. The summed E-state index contributed by atoms with van der Waals surface area (Å²) in [7, 11) is 0. The minimum absolute atomic E-state index is 0.282. The fourth-order valence-electron chi connectivity index (χ4n) is 2.58. The van der Waals surface area contributed by atoms with Crippen molar-refractivity contribution >= 4 is 5.78 Å². The smallest absolute Gasteiger partial charge is 0.165 e. The van der Waals surface area contributed by atoms with Gasteiger partial charge in [0.05, 0.1) is 0 Å². The third kappa shape index (κ3) is 2.72. The van der Waals surface area contributed by atoms with Crippen molar-refractivity contribution in [3.63, 3.8) is 0 Å². The Hall–Kier alpha value is -1.11. The molecule has 0 aliphatic heterocycles. The molecular weight excluding hydrogens is 196 g/mol. The largest absolute Gasteiger partial charge is 0.294 e. The summed E-state index contributed by atoms with van der Waals surface area (Å²) < 4.78 is 0. The zero-order valence-corrected chi connectivity index (χ0v) is 10.0. The zero-order chi connectivity index (χ0) is 11.4. The molecule has 1 nitrogen and oxygen atoms in total. The fourth-order valence-corrected chi connectivity index (χ4v) is 2.58. The van der Waals surface area contributed by atoms with Crippen LogP contribution < -0.4 is 0 Å². The van der Waals surface area contributed by atoms with E-state index in [4.69, 9.17) is 0 Å². The summed E-state index contributed by atoms with van der Waals surface area (Å²) in [6.07, 6.45) is 7.24. The Morgan fingerprint density at radius 3 is 2.44 bits per heavy atom. The highest BCUT2D eigenvalue weighted by molar-refractivity contribution is 5.97. The van der Waals surface area contributed by atoms with Crippen molar-refractivity contribution in [3.8, 4) is 0 Å². The van der Waals surface area contributed by atoms with Crippen LogP contribution in [0.4, 0.5) is 0 Å². The highest BCUT2D eigenvalue weighted by atomic mass is 16.1. The maximum Gasteiger partial charge on any atom is 0.165 e. The molecule has 0 unspecified atom stereocenters. The van der Waals surface area contributed by atoms with Gasteiger partial charge in [0, 0.05) is 11.5 Å². The Morgan fingerprint density at radius 1 is 1.12 bits per heavy atom. The maximum absolute atomic E-state index is 12.3. The molecule has 1 aromatic carbocycles. The van der Waals surface area contributed by atoms with E-state index in [1.807, 2.05) is 31.2 Å². The molecule has 1 aromatic rings. The Balaban J connectivity index is 2.11. The Morgan fingerprint density at radius 2 is 1.81 bits per heavy atom. The van der Waals surface area contributed by atoms with Gasteiger partial charge in [0.25, 0.3) is 0 Å². The lowest BCUT2D eigenvalue weighted by molar-refractivity contribution is 0.0908. The van der Waals surface area contributed by atoms with E-state index in [1.54, 1.807) is 0 Å². The van der Waals surface area contributed by atoms with Gasteiger partial charge in [-0.3, -0.25) is 4.79 Å². The minimum Gasteiger partial charge on any atom is -0.294 e. The lowest BCUT2D eigenvalue weighted by Crippen LogP contribution is -2.14. The van der Waals surface area contributed by atoms with E-state index in [9.17, 15) is 4.79 Å². The quantitative estimate of drug-likeness (QED) is 0.536. The van der Waals surface area contributed by atoms with Crippen molar-refractivity contribution in [1.29, 1.82) is 0 Å². The van der Waals surface area contributed by atoms with E-state index in [2.05, 4.69) is 0 Å². The molecule has 16 heavy (non-hydrogen) atoms. The van der Waals surface area contributed by atoms with Gasteiger partial charge in [-0.25, -0.2) is 0 Å². The number of benzene rings is 1. The average Bonchev–Trinajstić information content (AvgIpc) is 2.56. The molecule has 1 saturated carbocycles. The Kier molecular flexibility index (Phi) is 3.76. The molecule has 1 fully saturated rings. The summed E-state index contributed by atoms with van der Waals surface area (Å²) in [5.74, 6) is 0.648. The molecule has 0 saturated heterocycles. The fraction of sp³-hybridized carbons (Fsp3) is 0.533. The molecular formula is C15H20O. The summed E-state index contributed by atoms with van der Waals surface area (Å²) in [6, 6.07) is 8.01. The molecule has 0 heterocycles. The summed E-state index contributed by atoms with van der Waals surface area (Å²) in [4.78, 5) is 12.3. The lowest BCUT2D eigenvalue weighted by Gasteiger charge is -2.12. The van der Waals surface area contributed by atoms with Crippen LogP contribution in [0.1, 0.15) is 54.4 Å². The van der Waals surface area contributed by atoms with E-state index in [0.717, 1.165) is 18.4 Å². The second-order valence-electron chi connectivity index (χ2n) is 4.92. The summed E-state index contributed by atoms with van der Waals surface area (Å²) in [6.45, 7) is 2.05. The molecule has 0 atom stereocenters. The predicted molar refractivity (Wildman–Crippen MR) is 66.7 cm³/mol. The van der Waals surface area contributed by atoms with Crippen LogP contribution in [0.2, 0.25) is 0 Å². The van der Waals surface area contributed by atoms with Crippen molar-refractivity contribution in [2.45, 2.75) is 45.4 Å². The first-order chi connectivity index (χ1) is 7.77. The van der Waals surface area contributed by atoms with Crippen LogP contribution in [0.3, 0.4) is 0 Å². The molecule has 1 aliphatic rings. The molecule has 0 bridgehead atoms. The van der Waals surface area contributed by atoms with Gasteiger partial charge in [0.1, 0.15) is 0 Å². The second kappa shape index (κ2) is 5.29. The van der Waals surface area contributed by atoms with Gasteiger partial charge in [0.15, 0.2) is 5.78 Å². The van der Waals surface area contributed by atoms with Crippen molar-refractivity contribution in [3.05, 3.63) is 35.4 Å². The number of Topliss-reactive ketones (excluding diaryl/α,β-unsaturated/α-hetero) is 1. The van der Waals surface area contributed by atoms with Gasteiger partial charge in [-0.15, -0.1) is 0 Å². The molecule has 0 spiro atoms. The second-order valence-corrected chi connectivity index (χ2v) is 4.92. The SMILES string of the molecule is Cc1cccc(C(=O)C2CCCCCC2)c1. The summed E-state index contributed by atoms with van der Waals surface area (Å²) in [5.41, 5.74) is 2.09. The first kappa shape index (κ1) is 11.4. The van der Waals surface area contributed by atoms with E-state index in [-0.39, 0.29) is 5.92 Å². The standard InChI is InChI=1S/C15H20O/c1-12-7-6-10-14(11-12)15(16)13-8-4-2-3-5-9-13/h6-7,10-11,13H,2-5,8-9H2,1H3. The normalized spacial score (nSPS) is 18.1. The van der Waals surface area contributed by atoms with Crippen LogP contribution in [0.25, 0.3) is 0 Å². The molecule has 86 valence electrons. The third-order valence-corrected chi connectivity index (χ3v) is 3.53. The molecule has 0 radical (unpaired) electrons. The van der Waals surface area contributed by atoms with Gasteiger partial charge in [-0.2, -0.15) is 0 Å². The highest BCUT2D eigenvalue weighted by Gasteiger charge is 2.21. The number of aryl methyl sites for hydroxylation is 1. The van der Waals surface area contributed by atoms with E-state index in [0.29, 0.717) is 5.78 Å². The van der Waals surface area contributed by atoms with E-state index in [1.165, 1.54) is 31.2 Å². The number of carbonyl (C=O) groups excluding carboxylic acids is 1. The number of rotatable bonds is 2.